The van der Waals surface area contributed by atoms with Gasteiger partial charge in [-0.3, -0.25) is 9.59 Å². The molecule has 0 saturated carbocycles. The van der Waals surface area contributed by atoms with Crippen molar-refractivity contribution in [3.63, 3.8) is 0 Å². The molecule has 2 amide bonds. The Labute approximate surface area is 184 Å². The number of hydrogen-bond acceptors (Lipinski definition) is 3. The number of halogens is 6. The summed E-state index contributed by atoms with van der Waals surface area (Å²) in [6.07, 6.45) is -8.80. The number of hydrogen-bond donors (Lipinski definition) is 1. The Balaban J connectivity index is 1.61. The van der Waals surface area contributed by atoms with Crippen LogP contribution in [-0.4, -0.2) is 36.3 Å². The van der Waals surface area contributed by atoms with Gasteiger partial charge in [0.15, 0.2) is 0 Å². The highest BCUT2D eigenvalue weighted by Gasteiger charge is 2.38. The first-order valence-electron chi connectivity index (χ1n) is 9.84. The maximum Gasteiger partial charge on any atom is 0.416 e. The number of carbonyl (C=O) groups is 2. The van der Waals surface area contributed by atoms with E-state index < -0.39 is 35.0 Å². The van der Waals surface area contributed by atoms with Crippen molar-refractivity contribution in [1.29, 1.82) is 0 Å². The van der Waals surface area contributed by atoms with E-state index in [2.05, 4.69) is 5.32 Å². The van der Waals surface area contributed by atoms with E-state index >= 15 is 0 Å². The molecular weight excluding hydrogens is 458 g/mol. The van der Waals surface area contributed by atoms with Gasteiger partial charge < -0.3 is 10.2 Å². The van der Waals surface area contributed by atoms with Gasteiger partial charge in [0.1, 0.15) is 0 Å². The third-order valence-corrected chi connectivity index (χ3v) is 6.17. The highest BCUT2D eigenvalue weighted by molar-refractivity contribution is 7.09. The molecule has 3 rings (SSSR count). The van der Waals surface area contributed by atoms with Crippen LogP contribution in [0.25, 0.3) is 0 Å². The summed E-state index contributed by atoms with van der Waals surface area (Å²) >= 11 is 1.58. The first kappa shape index (κ1) is 24.1. The van der Waals surface area contributed by atoms with Crippen molar-refractivity contribution >= 4 is 23.2 Å². The van der Waals surface area contributed by atoms with Gasteiger partial charge in [-0.1, -0.05) is 6.07 Å². The van der Waals surface area contributed by atoms with Gasteiger partial charge >= 0.3 is 12.4 Å². The van der Waals surface area contributed by atoms with Crippen LogP contribution in [0.5, 0.6) is 0 Å². The van der Waals surface area contributed by atoms with Crippen LogP contribution in [0.2, 0.25) is 0 Å². The molecule has 1 aromatic heterocycles. The van der Waals surface area contributed by atoms with Gasteiger partial charge in [0.05, 0.1) is 11.1 Å². The van der Waals surface area contributed by atoms with Crippen molar-refractivity contribution in [3.8, 4) is 0 Å². The normalized spacial score (nSPS) is 15.6. The van der Waals surface area contributed by atoms with Gasteiger partial charge in [-0.2, -0.15) is 26.3 Å². The van der Waals surface area contributed by atoms with Crippen LogP contribution < -0.4 is 5.32 Å². The standard InChI is InChI=1S/C21H20F6N2O2S/c22-20(23,24)15-10-14(11-16(12-15)21(25,26)27)19(31)29-7-4-13(5-8-29)18(30)28-6-3-17-2-1-9-32-17/h1-2,9-13H,3-8H2,(H,28,30). The summed E-state index contributed by atoms with van der Waals surface area (Å²) in [5.74, 6) is -1.46. The highest BCUT2D eigenvalue weighted by atomic mass is 32.1. The molecule has 1 saturated heterocycles. The fraction of sp³-hybridized carbons (Fsp3) is 0.429. The van der Waals surface area contributed by atoms with E-state index in [4.69, 9.17) is 0 Å². The molecule has 0 atom stereocenters. The minimum atomic E-state index is -5.02. The maximum absolute atomic E-state index is 13.0. The fourth-order valence-electron chi connectivity index (χ4n) is 3.51. The highest BCUT2D eigenvalue weighted by Crippen LogP contribution is 2.36. The first-order valence-corrected chi connectivity index (χ1v) is 10.7. The Morgan fingerprint density at radius 1 is 1.00 bits per heavy atom. The van der Waals surface area contributed by atoms with Crippen molar-refractivity contribution in [1.82, 2.24) is 10.2 Å². The molecule has 0 aliphatic carbocycles. The number of amides is 2. The predicted molar refractivity (Wildman–Crippen MR) is 106 cm³/mol. The molecule has 0 radical (unpaired) electrons. The van der Waals surface area contributed by atoms with E-state index in [1.807, 2.05) is 17.5 Å². The molecule has 174 valence electrons. The van der Waals surface area contributed by atoms with Crippen LogP contribution in [-0.2, 0) is 23.6 Å². The van der Waals surface area contributed by atoms with Crippen molar-refractivity contribution in [2.45, 2.75) is 31.6 Å². The molecule has 2 heterocycles. The zero-order valence-corrected chi connectivity index (χ0v) is 17.5. The lowest BCUT2D eigenvalue weighted by atomic mass is 9.95. The summed E-state index contributed by atoms with van der Waals surface area (Å²) in [5, 5.41) is 4.77. The molecule has 0 unspecified atom stereocenters. The number of likely N-dealkylation sites (tertiary alicyclic amines) is 1. The lowest BCUT2D eigenvalue weighted by molar-refractivity contribution is -0.143. The maximum atomic E-state index is 13.0. The smallest absolute Gasteiger partial charge is 0.355 e. The predicted octanol–water partition coefficient (Wildman–Crippen LogP) is 5.00. The van der Waals surface area contributed by atoms with Gasteiger partial charge in [0.2, 0.25) is 5.91 Å². The molecule has 2 aromatic rings. The van der Waals surface area contributed by atoms with Crippen LogP contribution >= 0.6 is 11.3 Å². The second-order valence-corrected chi connectivity index (χ2v) is 8.51. The quantitative estimate of drug-likeness (QED) is 0.616. The summed E-state index contributed by atoms with van der Waals surface area (Å²) in [5.41, 5.74) is -3.74. The van der Waals surface area contributed by atoms with Gasteiger partial charge in [0.25, 0.3) is 5.91 Å². The number of thiophene rings is 1. The van der Waals surface area contributed by atoms with Crippen molar-refractivity contribution in [3.05, 3.63) is 57.3 Å². The minimum Gasteiger partial charge on any atom is -0.355 e. The summed E-state index contributed by atoms with van der Waals surface area (Å²) in [6, 6.07) is 4.72. The number of alkyl halides is 6. The van der Waals surface area contributed by atoms with Gasteiger partial charge in [-0.15, -0.1) is 11.3 Å². The third-order valence-electron chi connectivity index (χ3n) is 5.24. The molecule has 1 aliphatic rings. The number of rotatable bonds is 5. The van der Waals surface area contributed by atoms with E-state index in [9.17, 15) is 35.9 Å². The van der Waals surface area contributed by atoms with E-state index in [0.29, 0.717) is 25.1 Å². The molecule has 4 nitrogen and oxygen atoms in total. The van der Waals surface area contributed by atoms with Crippen molar-refractivity contribution < 1.29 is 35.9 Å². The lowest BCUT2D eigenvalue weighted by Crippen LogP contribution is -2.43. The Hall–Kier alpha value is -2.56. The molecule has 1 N–H and O–H groups in total. The average Bonchev–Trinajstić information content (AvgIpc) is 3.25. The Morgan fingerprint density at radius 2 is 1.59 bits per heavy atom. The van der Waals surface area contributed by atoms with E-state index in [0.717, 1.165) is 4.88 Å². The summed E-state index contributed by atoms with van der Waals surface area (Å²) < 4.78 is 78.2. The molecular formula is C21H20F6N2O2S. The van der Waals surface area contributed by atoms with Crippen LogP contribution in [0.1, 0.15) is 39.2 Å². The summed E-state index contributed by atoms with van der Waals surface area (Å²) in [7, 11) is 0. The second-order valence-electron chi connectivity index (χ2n) is 7.48. The Bertz CT molecular complexity index is 916. The van der Waals surface area contributed by atoms with Crippen LogP contribution in [0.4, 0.5) is 26.3 Å². The largest absolute Gasteiger partial charge is 0.416 e. The molecule has 11 heteroatoms. The monoisotopic (exact) mass is 478 g/mol. The molecule has 32 heavy (non-hydrogen) atoms. The molecule has 0 bridgehead atoms. The Morgan fingerprint density at radius 3 is 2.09 bits per heavy atom. The number of piperidine rings is 1. The van der Waals surface area contributed by atoms with Crippen molar-refractivity contribution in [2.24, 2.45) is 5.92 Å². The topological polar surface area (TPSA) is 49.4 Å². The Kier molecular flexibility index (Phi) is 7.16. The van der Waals surface area contributed by atoms with E-state index in [1.165, 1.54) is 4.90 Å². The lowest BCUT2D eigenvalue weighted by Gasteiger charge is -2.31. The molecule has 1 fully saturated rings. The summed E-state index contributed by atoms with van der Waals surface area (Å²) in [4.78, 5) is 27.3. The second kappa shape index (κ2) is 9.51. The third kappa shape index (κ3) is 6.02. The van der Waals surface area contributed by atoms with Crippen molar-refractivity contribution in [2.75, 3.05) is 19.6 Å². The molecule has 1 aliphatic heterocycles. The number of carbonyl (C=O) groups excluding carboxylic acids is 2. The van der Waals surface area contributed by atoms with Gasteiger partial charge in [-0.05, 0) is 48.9 Å². The zero-order valence-electron chi connectivity index (χ0n) is 16.7. The van der Waals surface area contributed by atoms with E-state index in [-0.39, 0.29) is 43.8 Å². The molecule has 0 spiro atoms. The van der Waals surface area contributed by atoms with Crippen LogP contribution in [0.3, 0.4) is 0 Å². The SMILES string of the molecule is O=C(NCCc1cccs1)C1CCN(C(=O)c2cc(C(F)(F)F)cc(C(F)(F)F)c2)CC1. The number of nitrogens with one attached hydrogen (secondary N) is 1. The average molecular weight is 478 g/mol. The number of nitrogens with zero attached hydrogens (tertiary/aromatic N) is 1. The van der Waals surface area contributed by atoms with Gasteiger partial charge in [-0.25, -0.2) is 0 Å². The van der Waals surface area contributed by atoms with Gasteiger partial charge in [0, 0.05) is 36.0 Å². The first-order chi connectivity index (χ1) is 14.9. The van der Waals surface area contributed by atoms with E-state index in [1.54, 1.807) is 11.3 Å². The fourth-order valence-corrected chi connectivity index (χ4v) is 4.22. The zero-order chi connectivity index (χ0) is 23.5. The number of benzene rings is 1. The summed E-state index contributed by atoms with van der Waals surface area (Å²) in [6.45, 7) is 0.599. The van der Waals surface area contributed by atoms with Crippen LogP contribution in [0, 0.1) is 5.92 Å². The van der Waals surface area contributed by atoms with Crippen LogP contribution in [0.15, 0.2) is 35.7 Å². The molecule has 1 aromatic carbocycles. The minimum absolute atomic E-state index is 0.0104.